The Bertz CT molecular complexity index is 4810. The van der Waals surface area contributed by atoms with E-state index < -0.39 is 212 Å². The van der Waals surface area contributed by atoms with Gasteiger partial charge in [-0.15, -0.1) is 0 Å². The number of rotatable bonds is 5. The van der Waals surface area contributed by atoms with Crippen LogP contribution in [0.2, 0.25) is 0 Å². The Balaban J connectivity index is 1.31. The third-order valence-electron chi connectivity index (χ3n) is 10.8. The number of fused-ring (bicyclic) bond motifs is 12. The van der Waals surface area contributed by atoms with Crippen molar-refractivity contribution in [3.8, 4) is 33.4 Å². The quantitative estimate of drug-likeness (QED) is 0.162. The van der Waals surface area contributed by atoms with Crippen LogP contribution < -0.4 is 4.90 Å². The van der Waals surface area contributed by atoms with E-state index in [1.54, 1.807) is 12.1 Å². The number of benzene rings is 10. The van der Waals surface area contributed by atoms with Gasteiger partial charge in [0.2, 0.25) is 0 Å². The van der Waals surface area contributed by atoms with E-state index in [1.165, 1.54) is 12.1 Å². The molecule has 1 aliphatic rings. The molecule has 0 aliphatic heterocycles. The van der Waals surface area contributed by atoms with Crippen molar-refractivity contribution in [1.82, 2.24) is 0 Å². The van der Waals surface area contributed by atoms with Crippen LogP contribution >= 0.6 is 0 Å². The Morgan fingerprint density at radius 1 is 0.475 bits per heavy atom. The number of hydrogen-bond donors (Lipinski definition) is 0. The maximum absolute atomic E-state index is 10.3. The van der Waals surface area contributed by atoms with E-state index in [4.69, 9.17) is 22.2 Å². The Hall–Kier alpha value is -7.42. The second-order valence-electron chi connectivity index (χ2n) is 14.0. The molecule has 59 heavy (non-hydrogen) atoms. The van der Waals surface area contributed by atoms with E-state index in [0.29, 0.717) is 15.8 Å². The van der Waals surface area contributed by atoms with Gasteiger partial charge in [0.05, 0.1) is 44.2 Å². The number of furan rings is 1. The molecule has 2 nitrogen and oxygen atoms in total. The molecule has 0 bridgehead atoms. The summed E-state index contributed by atoms with van der Waals surface area (Å²) < 4.78 is 246. The minimum absolute atomic E-state index is 0.0116. The molecule has 12 rings (SSSR count). The first kappa shape index (κ1) is 16.8. The van der Waals surface area contributed by atoms with Gasteiger partial charge in [0.15, 0.2) is 0 Å². The summed E-state index contributed by atoms with van der Waals surface area (Å²) in [6, 6.07) is 3.69. The lowest BCUT2D eigenvalue weighted by Crippen LogP contribution is -2.16. The summed E-state index contributed by atoms with van der Waals surface area (Å²) in [7, 11) is 0. The van der Waals surface area contributed by atoms with Crippen molar-refractivity contribution in [3.63, 3.8) is 0 Å². The largest absolute Gasteiger partial charge is 0.456 e. The molecule has 0 amide bonds. The van der Waals surface area contributed by atoms with Gasteiger partial charge in [-0.05, 0) is 120 Å². The van der Waals surface area contributed by atoms with Gasteiger partial charge in [0.1, 0.15) is 11.2 Å². The van der Waals surface area contributed by atoms with Gasteiger partial charge in [-0.1, -0.05) is 165 Å². The van der Waals surface area contributed by atoms with E-state index in [0.717, 1.165) is 26.9 Å². The third kappa shape index (κ3) is 5.06. The van der Waals surface area contributed by atoms with Crippen molar-refractivity contribution < 1.29 is 40.1 Å². The van der Waals surface area contributed by atoms with Crippen molar-refractivity contribution in [2.75, 3.05) is 4.90 Å². The summed E-state index contributed by atoms with van der Waals surface area (Å²) in [6.07, 6.45) is 0. The number of anilines is 3. The zero-order valence-electron chi connectivity index (χ0n) is 56.4. The van der Waals surface area contributed by atoms with Crippen LogP contribution in [-0.4, -0.2) is 0 Å². The summed E-state index contributed by atoms with van der Waals surface area (Å²) in [5, 5.41) is 3.74. The highest BCUT2D eigenvalue weighted by atomic mass is 16.3. The second kappa shape index (κ2) is 12.8. The van der Waals surface area contributed by atoms with Crippen LogP contribution in [0, 0.1) is 0 Å². The molecule has 2 heteroatoms. The molecule has 0 spiro atoms. The fourth-order valence-corrected chi connectivity index (χ4v) is 8.20. The summed E-state index contributed by atoms with van der Waals surface area (Å²) in [6.45, 7) is -7.81. The summed E-state index contributed by atoms with van der Waals surface area (Å²) in [5.41, 5.74) is -12.8. The van der Waals surface area contributed by atoms with Gasteiger partial charge in [-0.3, -0.25) is 0 Å². The van der Waals surface area contributed by atoms with Crippen molar-refractivity contribution in [2.45, 2.75) is 19.1 Å². The Labute approximate surface area is 379 Å². The summed E-state index contributed by atoms with van der Waals surface area (Å²) in [5.74, 6) is 0. The average Bonchev–Trinajstić information content (AvgIpc) is 1.52. The minimum Gasteiger partial charge on any atom is -0.456 e. The van der Waals surface area contributed by atoms with Crippen molar-refractivity contribution in [1.29, 1.82) is 0 Å². The SMILES string of the molecule is [2H]c1ccc(-c2ccc3c4ccccc4c4ccccc4c3c2)c([2H])c1N(c1c([2H])c([2H])c([2H])c2c1-c1c([2H])c([2H])c([2H])c([2H])c1C2(C([2H])([2H])[2H])C([2H])([2H])[2H])c1c([2H])c([2H])c([2H])c2oc3c([2H])c(-c4c([2H])c([2H])c([2H])c([2H])c4[2H])c([2H])c([2H])c3c12. The predicted molar refractivity (Wildman–Crippen MR) is 249 cm³/mol. The van der Waals surface area contributed by atoms with Gasteiger partial charge in [0.25, 0.3) is 0 Å². The molecule has 1 aromatic heterocycles. The first-order valence-electron chi connectivity index (χ1n) is 31.4. The van der Waals surface area contributed by atoms with Gasteiger partial charge in [0, 0.05) is 30.3 Å². The highest BCUT2D eigenvalue weighted by Gasteiger charge is 2.38. The fraction of sp³-hybridized carbons (Fsp3) is 0.0526. The lowest BCUT2D eigenvalue weighted by molar-refractivity contribution is 0.660. The van der Waals surface area contributed by atoms with Gasteiger partial charge < -0.3 is 9.32 Å². The zero-order chi connectivity index (χ0) is 61.6. The van der Waals surface area contributed by atoms with Crippen LogP contribution in [0.5, 0.6) is 0 Å². The molecule has 10 aromatic carbocycles. The maximum atomic E-state index is 10.3. The molecule has 1 heterocycles. The Morgan fingerprint density at radius 3 is 1.97 bits per heavy atom. The zero-order valence-corrected chi connectivity index (χ0v) is 30.4. The predicted octanol–water partition coefficient (Wildman–Crippen LogP) is 16.2. The molecular formula is C57H39NO. The van der Waals surface area contributed by atoms with Crippen LogP contribution in [0.3, 0.4) is 0 Å². The minimum atomic E-state index is -3.90. The smallest absolute Gasteiger partial charge is 0.137 e. The molecule has 11 aromatic rings. The third-order valence-corrected chi connectivity index (χ3v) is 10.8. The second-order valence-corrected chi connectivity index (χ2v) is 14.0. The van der Waals surface area contributed by atoms with E-state index in [2.05, 4.69) is 0 Å². The van der Waals surface area contributed by atoms with Gasteiger partial charge >= 0.3 is 0 Å². The highest BCUT2D eigenvalue weighted by molar-refractivity contribution is 6.26. The first-order valence-corrected chi connectivity index (χ1v) is 18.4. The number of nitrogens with zero attached hydrogens (tertiary/aromatic N) is 1. The molecule has 0 saturated heterocycles. The standard InChI is InChI=1S/C57H39NO/c1-57(2)49-24-11-10-23-46(49)55-50(57)25-13-26-51(55)58(52-27-14-28-53-56(52)47-32-30-39(35-54(47)59-53)36-15-4-3-5-16-36)40-18-12-17-37(33-40)38-29-31-45-43-21-7-6-19-41(43)42-20-8-9-22-44(42)48(45)34-38/h3-35H,1-2H3/i1D3,2D3,3D,4D,5D,10D,11D,13D,14D,15D,16D,18D,23D,24D,25D,26D,27D,28D,30D,32D,33D,35D. The van der Waals surface area contributed by atoms with E-state index >= 15 is 0 Å². The number of hydrogen-bond acceptors (Lipinski definition) is 2. The topological polar surface area (TPSA) is 16.4 Å². The van der Waals surface area contributed by atoms with Crippen LogP contribution in [-0.2, 0) is 5.41 Å². The molecule has 0 saturated carbocycles. The van der Waals surface area contributed by atoms with E-state index in [9.17, 15) is 17.8 Å². The molecule has 1 aliphatic carbocycles. The van der Waals surface area contributed by atoms with Crippen LogP contribution in [0.1, 0.15) is 60.5 Å². The molecule has 0 radical (unpaired) electrons. The van der Waals surface area contributed by atoms with Crippen molar-refractivity contribution in [2.24, 2.45) is 0 Å². The average molecular weight is 780 g/mol. The molecule has 0 atom stereocenters. The Kier molecular flexibility index (Phi) is 3.65. The van der Waals surface area contributed by atoms with Crippen LogP contribution in [0.15, 0.2) is 204 Å². The van der Waals surface area contributed by atoms with Gasteiger partial charge in [-0.2, -0.15) is 0 Å². The maximum Gasteiger partial charge on any atom is 0.137 e. The fourth-order valence-electron chi connectivity index (χ4n) is 8.20. The Morgan fingerprint density at radius 2 is 1.17 bits per heavy atom. The molecule has 0 unspecified atom stereocenters. The van der Waals surface area contributed by atoms with E-state index in [-0.39, 0.29) is 5.56 Å². The van der Waals surface area contributed by atoms with Crippen molar-refractivity contribution in [3.05, 3.63) is 211 Å². The van der Waals surface area contributed by atoms with E-state index in [1.807, 2.05) is 54.6 Å². The van der Waals surface area contributed by atoms with Gasteiger partial charge in [-0.25, -0.2) is 0 Å². The highest BCUT2D eigenvalue weighted by Crippen LogP contribution is 2.55. The molecule has 0 N–H and O–H groups in total. The normalized spacial score (nSPS) is 19.7. The summed E-state index contributed by atoms with van der Waals surface area (Å²) in [4.78, 5) is 0.712. The van der Waals surface area contributed by atoms with Crippen LogP contribution in [0.25, 0.3) is 87.6 Å². The van der Waals surface area contributed by atoms with Crippen LogP contribution in [0.4, 0.5) is 17.1 Å². The molecule has 0 fully saturated rings. The molecular weight excluding hydrogens is 715 g/mol. The summed E-state index contributed by atoms with van der Waals surface area (Å²) >= 11 is 0. The van der Waals surface area contributed by atoms with Crippen molar-refractivity contribution >= 4 is 71.3 Å². The monoisotopic (exact) mass is 779 g/mol. The lowest BCUT2D eigenvalue weighted by atomic mass is 9.82. The first-order chi connectivity index (χ1) is 39.9. The molecule has 278 valence electrons. The lowest BCUT2D eigenvalue weighted by Gasteiger charge is -2.29.